The minimum absolute atomic E-state index is 0.0148. The Labute approximate surface area is 107 Å². The summed E-state index contributed by atoms with van der Waals surface area (Å²) in [4.78, 5) is 11.0. The van der Waals surface area contributed by atoms with E-state index in [-0.39, 0.29) is 16.0 Å². The molecule has 0 amide bonds. The Hall–Kier alpha value is -1.40. The standard InChI is InChI=1S/C12H17NO4S/c1-4-8-13(3)18(16,17)11-7-5-6-10(9(11)2)12(14)15/h5-7H,4,8H2,1-3H3,(H,14,15). The van der Waals surface area contributed by atoms with Crippen LogP contribution in [0.3, 0.4) is 0 Å². The molecule has 0 bridgehead atoms. The third kappa shape index (κ3) is 2.70. The van der Waals surface area contributed by atoms with Gasteiger partial charge in [-0.1, -0.05) is 13.0 Å². The number of hydrogen-bond donors (Lipinski definition) is 1. The van der Waals surface area contributed by atoms with Crippen LogP contribution in [0.15, 0.2) is 23.1 Å². The van der Waals surface area contributed by atoms with Crippen LogP contribution in [0.25, 0.3) is 0 Å². The predicted molar refractivity (Wildman–Crippen MR) is 68.2 cm³/mol. The van der Waals surface area contributed by atoms with E-state index in [1.165, 1.54) is 36.5 Å². The van der Waals surface area contributed by atoms with E-state index < -0.39 is 16.0 Å². The molecule has 1 N–H and O–H groups in total. The van der Waals surface area contributed by atoms with E-state index in [4.69, 9.17) is 5.11 Å². The quantitative estimate of drug-likeness (QED) is 0.885. The molecule has 0 spiro atoms. The van der Waals surface area contributed by atoms with Crippen LogP contribution in [0, 0.1) is 6.92 Å². The molecule has 0 atom stereocenters. The number of sulfonamides is 1. The lowest BCUT2D eigenvalue weighted by atomic mass is 10.1. The van der Waals surface area contributed by atoms with Gasteiger partial charge in [-0.2, -0.15) is 0 Å². The Balaban J connectivity index is 3.34. The van der Waals surface area contributed by atoms with Gasteiger partial charge in [-0.25, -0.2) is 17.5 Å². The van der Waals surface area contributed by atoms with Gasteiger partial charge < -0.3 is 5.11 Å². The van der Waals surface area contributed by atoms with Crippen molar-refractivity contribution in [1.29, 1.82) is 0 Å². The second-order valence-electron chi connectivity index (χ2n) is 4.06. The third-order valence-electron chi connectivity index (χ3n) is 2.74. The summed E-state index contributed by atoms with van der Waals surface area (Å²) in [5.41, 5.74) is 0.286. The maximum Gasteiger partial charge on any atom is 0.335 e. The van der Waals surface area contributed by atoms with Crippen molar-refractivity contribution in [2.24, 2.45) is 0 Å². The van der Waals surface area contributed by atoms with Crippen LogP contribution in [0.1, 0.15) is 29.3 Å². The lowest BCUT2D eigenvalue weighted by Crippen LogP contribution is -2.28. The highest BCUT2D eigenvalue weighted by Crippen LogP contribution is 2.22. The van der Waals surface area contributed by atoms with Gasteiger partial charge in [0.05, 0.1) is 10.5 Å². The summed E-state index contributed by atoms with van der Waals surface area (Å²) in [5.74, 6) is -1.12. The first-order valence-electron chi connectivity index (χ1n) is 5.61. The number of benzene rings is 1. The number of rotatable bonds is 5. The highest BCUT2D eigenvalue weighted by Gasteiger charge is 2.24. The Morgan fingerprint density at radius 2 is 2.00 bits per heavy atom. The molecule has 1 aromatic rings. The molecule has 0 aliphatic heterocycles. The smallest absolute Gasteiger partial charge is 0.335 e. The first-order valence-corrected chi connectivity index (χ1v) is 7.05. The van der Waals surface area contributed by atoms with Gasteiger partial charge >= 0.3 is 5.97 Å². The number of carboxylic acids is 1. The third-order valence-corrected chi connectivity index (χ3v) is 4.74. The number of hydrogen-bond acceptors (Lipinski definition) is 3. The van der Waals surface area contributed by atoms with E-state index in [0.29, 0.717) is 13.0 Å². The molecule has 1 rings (SSSR count). The van der Waals surface area contributed by atoms with Gasteiger partial charge in [0.2, 0.25) is 10.0 Å². The number of nitrogens with zero attached hydrogens (tertiary/aromatic N) is 1. The van der Waals surface area contributed by atoms with Crippen molar-refractivity contribution in [2.75, 3.05) is 13.6 Å². The van der Waals surface area contributed by atoms with Gasteiger partial charge in [0.15, 0.2) is 0 Å². The van der Waals surface area contributed by atoms with Gasteiger partial charge in [-0.15, -0.1) is 0 Å². The average Bonchev–Trinajstić information content (AvgIpc) is 2.28. The van der Waals surface area contributed by atoms with Crippen LogP contribution < -0.4 is 0 Å². The van der Waals surface area contributed by atoms with Crippen molar-refractivity contribution in [3.05, 3.63) is 29.3 Å². The normalized spacial score (nSPS) is 11.8. The maximum absolute atomic E-state index is 12.3. The summed E-state index contributed by atoms with van der Waals surface area (Å²) in [6.07, 6.45) is 0.702. The first kappa shape index (κ1) is 14.7. The summed E-state index contributed by atoms with van der Waals surface area (Å²) in [7, 11) is -2.13. The summed E-state index contributed by atoms with van der Waals surface area (Å²) in [5, 5.41) is 8.99. The van der Waals surface area contributed by atoms with Crippen LogP contribution in [0.5, 0.6) is 0 Å². The monoisotopic (exact) mass is 271 g/mol. The number of carboxylic acid groups (broad SMARTS) is 1. The van der Waals surface area contributed by atoms with Crippen molar-refractivity contribution in [1.82, 2.24) is 4.31 Å². The summed E-state index contributed by atoms with van der Waals surface area (Å²) in [6.45, 7) is 3.79. The van der Waals surface area contributed by atoms with E-state index in [0.717, 1.165) is 0 Å². The Bertz CT molecular complexity index is 551. The molecule has 0 fully saturated rings. The van der Waals surface area contributed by atoms with E-state index in [2.05, 4.69) is 0 Å². The van der Waals surface area contributed by atoms with E-state index >= 15 is 0 Å². The van der Waals surface area contributed by atoms with Crippen LogP contribution in [0.4, 0.5) is 0 Å². The SMILES string of the molecule is CCCN(C)S(=O)(=O)c1cccc(C(=O)O)c1C. The van der Waals surface area contributed by atoms with Crippen LogP contribution in [0.2, 0.25) is 0 Å². The zero-order valence-electron chi connectivity index (χ0n) is 10.7. The molecule has 0 saturated carbocycles. The predicted octanol–water partition coefficient (Wildman–Crippen LogP) is 1.72. The fraction of sp³-hybridized carbons (Fsp3) is 0.417. The summed E-state index contributed by atoms with van der Waals surface area (Å²) in [6, 6.07) is 4.28. The van der Waals surface area contributed by atoms with Crippen LogP contribution >= 0.6 is 0 Å². The van der Waals surface area contributed by atoms with Crippen molar-refractivity contribution in [3.8, 4) is 0 Å². The Morgan fingerprint density at radius 3 is 2.50 bits per heavy atom. The van der Waals surface area contributed by atoms with Crippen molar-refractivity contribution >= 4 is 16.0 Å². The van der Waals surface area contributed by atoms with Crippen molar-refractivity contribution < 1.29 is 18.3 Å². The molecule has 1 aromatic carbocycles. The zero-order chi connectivity index (χ0) is 13.9. The zero-order valence-corrected chi connectivity index (χ0v) is 11.5. The molecule has 18 heavy (non-hydrogen) atoms. The number of carbonyl (C=O) groups is 1. The van der Waals surface area contributed by atoms with E-state index in [1.807, 2.05) is 6.92 Å². The maximum atomic E-state index is 12.3. The molecule has 5 nitrogen and oxygen atoms in total. The second kappa shape index (κ2) is 5.49. The minimum Gasteiger partial charge on any atom is -0.478 e. The lowest BCUT2D eigenvalue weighted by molar-refractivity contribution is 0.0696. The molecule has 0 heterocycles. The minimum atomic E-state index is -3.62. The first-order chi connectivity index (χ1) is 8.32. The van der Waals surface area contributed by atoms with E-state index in [1.54, 1.807) is 0 Å². The van der Waals surface area contributed by atoms with Gasteiger partial charge in [-0.05, 0) is 31.0 Å². The summed E-state index contributed by atoms with van der Waals surface area (Å²) >= 11 is 0. The summed E-state index contributed by atoms with van der Waals surface area (Å²) < 4.78 is 25.7. The number of aromatic carboxylic acids is 1. The molecule has 0 aliphatic carbocycles. The molecule has 0 unspecified atom stereocenters. The molecule has 0 saturated heterocycles. The highest BCUT2D eigenvalue weighted by atomic mass is 32.2. The van der Waals surface area contributed by atoms with Gasteiger partial charge in [0, 0.05) is 13.6 Å². The Morgan fingerprint density at radius 1 is 1.39 bits per heavy atom. The molecular formula is C12H17NO4S. The van der Waals surface area contributed by atoms with Crippen LogP contribution in [-0.4, -0.2) is 37.4 Å². The topological polar surface area (TPSA) is 74.7 Å². The fourth-order valence-corrected chi connectivity index (χ4v) is 3.23. The second-order valence-corrected chi connectivity index (χ2v) is 6.07. The molecule has 0 radical (unpaired) electrons. The van der Waals surface area contributed by atoms with Gasteiger partial charge in [0.25, 0.3) is 0 Å². The fourth-order valence-electron chi connectivity index (χ4n) is 1.73. The molecular weight excluding hydrogens is 254 g/mol. The largest absolute Gasteiger partial charge is 0.478 e. The lowest BCUT2D eigenvalue weighted by Gasteiger charge is -2.18. The molecule has 0 aliphatic rings. The van der Waals surface area contributed by atoms with E-state index in [9.17, 15) is 13.2 Å². The Kier molecular flexibility index (Phi) is 4.48. The highest BCUT2D eigenvalue weighted by molar-refractivity contribution is 7.89. The van der Waals surface area contributed by atoms with Crippen molar-refractivity contribution in [3.63, 3.8) is 0 Å². The average molecular weight is 271 g/mol. The molecule has 100 valence electrons. The van der Waals surface area contributed by atoms with Gasteiger partial charge in [-0.3, -0.25) is 0 Å². The van der Waals surface area contributed by atoms with Gasteiger partial charge in [0.1, 0.15) is 0 Å². The van der Waals surface area contributed by atoms with Crippen LogP contribution in [-0.2, 0) is 10.0 Å². The molecule has 6 heteroatoms. The van der Waals surface area contributed by atoms with Crippen molar-refractivity contribution in [2.45, 2.75) is 25.2 Å². The molecule has 0 aromatic heterocycles.